The topological polar surface area (TPSA) is 62.2 Å². The zero-order valence-corrected chi connectivity index (χ0v) is 12.7. The number of halogens is 1. The van der Waals surface area contributed by atoms with Crippen molar-refractivity contribution in [3.05, 3.63) is 45.2 Å². The zero-order chi connectivity index (χ0) is 14.7. The molecule has 0 saturated carbocycles. The summed E-state index contributed by atoms with van der Waals surface area (Å²) in [6.07, 6.45) is 1.36. The predicted octanol–water partition coefficient (Wildman–Crippen LogP) is 4.30. The van der Waals surface area contributed by atoms with Gasteiger partial charge >= 0.3 is 5.97 Å². The van der Waals surface area contributed by atoms with Crippen LogP contribution in [0.25, 0.3) is 0 Å². The molecule has 0 radical (unpaired) electrons. The van der Waals surface area contributed by atoms with Crippen molar-refractivity contribution in [2.75, 3.05) is 5.32 Å². The van der Waals surface area contributed by atoms with Crippen LogP contribution in [-0.2, 0) is 0 Å². The second-order valence-corrected chi connectivity index (χ2v) is 6.12. The Morgan fingerprint density at radius 1 is 1.50 bits per heavy atom. The molecule has 0 aliphatic carbocycles. The van der Waals surface area contributed by atoms with Crippen molar-refractivity contribution in [3.63, 3.8) is 0 Å². The van der Waals surface area contributed by atoms with Crippen molar-refractivity contribution in [3.8, 4) is 0 Å². The summed E-state index contributed by atoms with van der Waals surface area (Å²) in [7, 11) is 0. The van der Waals surface area contributed by atoms with Crippen LogP contribution >= 0.6 is 22.9 Å². The Balaban J connectivity index is 2.28. The molecule has 2 aromatic heterocycles. The van der Waals surface area contributed by atoms with E-state index in [-0.39, 0.29) is 16.6 Å². The monoisotopic (exact) mass is 310 g/mol. The summed E-state index contributed by atoms with van der Waals surface area (Å²) in [4.78, 5) is 16.4. The van der Waals surface area contributed by atoms with Crippen LogP contribution in [0, 0.1) is 5.92 Å². The molecule has 0 fully saturated rings. The van der Waals surface area contributed by atoms with Gasteiger partial charge < -0.3 is 10.4 Å². The Morgan fingerprint density at radius 2 is 2.25 bits per heavy atom. The number of aromatic carboxylic acids is 1. The number of nitrogens with one attached hydrogen (secondary N) is 1. The van der Waals surface area contributed by atoms with Crippen molar-refractivity contribution in [2.24, 2.45) is 5.92 Å². The van der Waals surface area contributed by atoms with Gasteiger partial charge in [0.1, 0.15) is 5.82 Å². The third-order valence-electron chi connectivity index (χ3n) is 2.91. The Morgan fingerprint density at radius 3 is 2.80 bits per heavy atom. The highest BCUT2D eigenvalue weighted by atomic mass is 35.5. The average Bonchev–Trinajstić information content (AvgIpc) is 2.90. The van der Waals surface area contributed by atoms with Gasteiger partial charge in [-0.25, -0.2) is 9.78 Å². The first-order chi connectivity index (χ1) is 9.49. The van der Waals surface area contributed by atoms with Crippen LogP contribution in [0.4, 0.5) is 5.82 Å². The second kappa shape index (κ2) is 6.24. The van der Waals surface area contributed by atoms with E-state index >= 15 is 0 Å². The first-order valence-electron chi connectivity index (χ1n) is 6.18. The summed E-state index contributed by atoms with van der Waals surface area (Å²) in [5.74, 6) is -0.198. The van der Waals surface area contributed by atoms with Crippen LogP contribution in [0.1, 0.15) is 35.1 Å². The number of hydrogen-bond donors (Lipinski definition) is 2. The molecule has 2 N–H and O–H groups in total. The lowest BCUT2D eigenvalue weighted by molar-refractivity contribution is 0.0697. The van der Waals surface area contributed by atoms with E-state index in [0.717, 1.165) is 0 Å². The lowest BCUT2D eigenvalue weighted by atomic mass is 10.0. The molecule has 20 heavy (non-hydrogen) atoms. The van der Waals surface area contributed by atoms with Crippen molar-refractivity contribution >= 4 is 34.7 Å². The highest BCUT2D eigenvalue weighted by Gasteiger charge is 2.18. The summed E-state index contributed by atoms with van der Waals surface area (Å²) >= 11 is 7.48. The molecule has 1 atom stereocenters. The van der Waals surface area contributed by atoms with E-state index in [1.807, 2.05) is 11.4 Å². The smallest absolute Gasteiger partial charge is 0.337 e. The first-order valence-corrected chi connectivity index (χ1v) is 7.43. The van der Waals surface area contributed by atoms with E-state index in [1.54, 1.807) is 11.3 Å². The minimum atomic E-state index is -1.06. The lowest BCUT2D eigenvalue weighted by Crippen LogP contribution is -2.16. The van der Waals surface area contributed by atoms with Crippen molar-refractivity contribution < 1.29 is 9.90 Å². The van der Waals surface area contributed by atoms with Crippen molar-refractivity contribution in [2.45, 2.75) is 19.9 Å². The molecule has 1 unspecified atom stereocenters. The van der Waals surface area contributed by atoms with E-state index in [9.17, 15) is 4.79 Å². The largest absolute Gasteiger partial charge is 0.478 e. The Bertz CT molecular complexity index is 599. The molecule has 106 valence electrons. The van der Waals surface area contributed by atoms with Gasteiger partial charge in [0, 0.05) is 11.1 Å². The molecule has 4 nitrogen and oxygen atoms in total. The third kappa shape index (κ3) is 3.29. The fourth-order valence-electron chi connectivity index (χ4n) is 1.88. The molecule has 0 saturated heterocycles. The first kappa shape index (κ1) is 14.8. The van der Waals surface area contributed by atoms with Crippen LogP contribution in [0.3, 0.4) is 0 Å². The van der Waals surface area contributed by atoms with Crippen LogP contribution in [0.2, 0.25) is 5.02 Å². The Hall–Kier alpha value is -1.59. The average molecular weight is 311 g/mol. The number of carbonyl (C=O) groups is 1. The van der Waals surface area contributed by atoms with Crippen LogP contribution in [0.15, 0.2) is 29.8 Å². The maximum atomic E-state index is 11.1. The standard InChI is InChI=1S/C14H15ClN2O2S/c1-8(2)13(11-4-3-5-20-11)17-12-6-9(14(18)19)10(15)7-16-12/h3-8,13H,1-2H3,(H,16,17)(H,18,19). The molecule has 0 aliphatic rings. The summed E-state index contributed by atoms with van der Waals surface area (Å²) in [6.45, 7) is 4.21. The Labute approximate surface area is 126 Å². The maximum Gasteiger partial charge on any atom is 0.337 e. The van der Waals surface area contributed by atoms with Crippen LogP contribution < -0.4 is 5.32 Å². The molecule has 0 aromatic carbocycles. The molecular formula is C14H15ClN2O2S. The lowest BCUT2D eigenvalue weighted by Gasteiger charge is -2.22. The van der Waals surface area contributed by atoms with Gasteiger partial charge in [0.15, 0.2) is 0 Å². The summed E-state index contributed by atoms with van der Waals surface area (Å²) in [5, 5.41) is 14.5. The molecule has 2 rings (SSSR count). The molecule has 2 aromatic rings. The number of nitrogens with zero attached hydrogens (tertiary/aromatic N) is 1. The van der Waals surface area contributed by atoms with E-state index < -0.39 is 5.97 Å². The number of pyridine rings is 1. The second-order valence-electron chi connectivity index (χ2n) is 4.74. The van der Waals surface area contributed by atoms with Crippen LogP contribution in [-0.4, -0.2) is 16.1 Å². The number of hydrogen-bond acceptors (Lipinski definition) is 4. The van der Waals surface area contributed by atoms with E-state index in [4.69, 9.17) is 16.7 Å². The Kier molecular flexibility index (Phi) is 4.62. The number of carboxylic acids is 1. The molecule has 6 heteroatoms. The van der Waals surface area contributed by atoms with E-state index in [2.05, 4.69) is 30.2 Å². The van der Waals surface area contributed by atoms with Gasteiger partial charge in [0.25, 0.3) is 0 Å². The van der Waals surface area contributed by atoms with E-state index in [0.29, 0.717) is 11.7 Å². The van der Waals surface area contributed by atoms with Gasteiger partial charge in [0.05, 0.1) is 16.6 Å². The normalized spacial score (nSPS) is 12.4. The van der Waals surface area contributed by atoms with Gasteiger partial charge in [-0.1, -0.05) is 31.5 Å². The van der Waals surface area contributed by atoms with Gasteiger partial charge in [-0.2, -0.15) is 0 Å². The van der Waals surface area contributed by atoms with Crippen LogP contribution in [0.5, 0.6) is 0 Å². The fraction of sp³-hybridized carbons (Fsp3) is 0.286. The highest BCUT2D eigenvalue weighted by Crippen LogP contribution is 2.30. The molecule has 0 bridgehead atoms. The quantitative estimate of drug-likeness (QED) is 0.864. The molecule has 0 amide bonds. The molecule has 2 heterocycles. The van der Waals surface area contributed by atoms with E-state index in [1.165, 1.54) is 17.1 Å². The van der Waals surface area contributed by atoms with Crippen molar-refractivity contribution in [1.29, 1.82) is 0 Å². The van der Waals surface area contributed by atoms with Gasteiger partial charge in [0.2, 0.25) is 0 Å². The maximum absolute atomic E-state index is 11.1. The summed E-state index contributed by atoms with van der Waals surface area (Å²) < 4.78 is 0. The summed E-state index contributed by atoms with van der Waals surface area (Å²) in [5.41, 5.74) is 0.0536. The third-order valence-corrected chi connectivity index (χ3v) is 4.16. The van der Waals surface area contributed by atoms with Gasteiger partial charge in [-0.05, 0) is 23.4 Å². The SMILES string of the molecule is CC(C)C(Nc1cc(C(=O)O)c(Cl)cn1)c1cccs1. The minimum absolute atomic E-state index is 0.0536. The predicted molar refractivity (Wildman–Crippen MR) is 81.7 cm³/mol. The highest BCUT2D eigenvalue weighted by molar-refractivity contribution is 7.10. The zero-order valence-electron chi connectivity index (χ0n) is 11.1. The molecule has 0 spiro atoms. The fourth-order valence-corrected chi connectivity index (χ4v) is 3.01. The number of anilines is 1. The number of carboxylic acid groups (broad SMARTS) is 1. The number of rotatable bonds is 5. The number of thiophene rings is 1. The van der Waals surface area contributed by atoms with Crippen molar-refractivity contribution in [1.82, 2.24) is 4.98 Å². The molecular weight excluding hydrogens is 296 g/mol. The minimum Gasteiger partial charge on any atom is -0.478 e. The molecule has 0 aliphatic heterocycles. The van der Waals surface area contributed by atoms with Gasteiger partial charge in [-0.15, -0.1) is 11.3 Å². The number of aromatic nitrogens is 1. The summed E-state index contributed by atoms with van der Waals surface area (Å²) in [6, 6.07) is 5.60. The van der Waals surface area contributed by atoms with Gasteiger partial charge in [-0.3, -0.25) is 0 Å².